The molecule has 0 atom stereocenters. The first-order valence-electron chi connectivity index (χ1n) is 10.0. The lowest BCUT2D eigenvalue weighted by molar-refractivity contribution is -0.118. The van der Waals surface area contributed by atoms with E-state index >= 15 is 0 Å². The van der Waals surface area contributed by atoms with Gasteiger partial charge in [-0.2, -0.15) is 5.26 Å². The van der Waals surface area contributed by atoms with Gasteiger partial charge in [-0.15, -0.1) is 0 Å². The smallest absolute Gasteiger partial charge is 0.262 e. The number of nitriles is 1. The Balaban J connectivity index is 1.60. The van der Waals surface area contributed by atoms with Crippen molar-refractivity contribution in [2.45, 2.75) is 33.6 Å². The van der Waals surface area contributed by atoms with E-state index in [1.807, 2.05) is 38.1 Å². The van der Waals surface area contributed by atoms with Gasteiger partial charge >= 0.3 is 0 Å². The SMILES string of the molecule is Cc1cc(Oc2ncccc2C#N)ccc1NC(=O)COc1ccc(C(C)C)c(C)c1. The lowest BCUT2D eigenvalue weighted by Crippen LogP contribution is -2.20. The van der Waals surface area contributed by atoms with Gasteiger partial charge < -0.3 is 14.8 Å². The maximum Gasteiger partial charge on any atom is 0.262 e. The zero-order chi connectivity index (χ0) is 22.4. The molecule has 2 aromatic carbocycles. The van der Waals surface area contributed by atoms with E-state index in [1.54, 1.807) is 36.5 Å². The number of carbonyl (C=O) groups excluding carboxylic acids is 1. The Kier molecular flexibility index (Phi) is 6.88. The number of hydrogen-bond donors (Lipinski definition) is 1. The van der Waals surface area contributed by atoms with Gasteiger partial charge in [-0.3, -0.25) is 4.79 Å². The molecule has 0 unspecified atom stereocenters. The highest BCUT2D eigenvalue weighted by Gasteiger charge is 2.10. The Bertz CT molecular complexity index is 1130. The standard InChI is InChI=1S/C25H25N3O3/c1-16(2)22-9-7-20(12-17(22)3)30-15-24(29)28-23-10-8-21(13-18(23)4)31-25-19(14-26)6-5-11-27-25/h5-13,16H,15H2,1-4H3,(H,28,29). The molecule has 1 heterocycles. The minimum Gasteiger partial charge on any atom is -0.484 e. The number of aromatic nitrogens is 1. The number of nitrogens with one attached hydrogen (secondary N) is 1. The van der Waals surface area contributed by atoms with Crippen molar-refractivity contribution in [1.29, 1.82) is 5.26 Å². The Morgan fingerprint density at radius 3 is 2.52 bits per heavy atom. The van der Waals surface area contributed by atoms with E-state index in [4.69, 9.17) is 14.7 Å². The van der Waals surface area contributed by atoms with Crippen LogP contribution in [0.2, 0.25) is 0 Å². The average molecular weight is 415 g/mol. The zero-order valence-electron chi connectivity index (χ0n) is 18.1. The molecule has 1 aromatic heterocycles. The van der Waals surface area contributed by atoms with E-state index in [9.17, 15) is 4.79 Å². The van der Waals surface area contributed by atoms with Crippen LogP contribution < -0.4 is 14.8 Å². The van der Waals surface area contributed by atoms with Crippen molar-refractivity contribution < 1.29 is 14.3 Å². The van der Waals surface area contributed by atoms with E-state index in [-0.39, 0.29) is 18.4 Å². The molecule has 31 heavy (non-hydrogen) atoms. The van der Waals surface area contributed by atoms with Crippen molar-refractivity contribution >= 4 is 11.6 Å². The molecule has 0 bridgehead atoms. The van der Waals surface area contributed by atoms with Gasteiger partial charge in [0.1, 0.15) is 23.1 Å². The third-order valence-electron chi connectivity index (χ3n) is 4.81. The fourth-order valence-corrected chi connectivity index (χ4v) is 3.23. The van der Waals surface area contributed by atoms with E-state index in [0.717, 1.165) is 11.1 Å². The maximum absolute atomic E-state index is 12.3. The maximum atomic E-state index is 12.3. The number of carbonyl (C=O) groups is 1. The minimum absolute atomic E-state index is 0.0857. The molecule has 0 fully saturated rings. The highest BCUT2D eigenvalue weighted by atomic mass is 16.5. The highest BCUT2D eigenvalue weighted by molar-refractivity contribution is 5.92. The summed E-state index contributed by atoms with van der Waals surface area (Å²) in [7, 11) is 0. The summed E-state index contributed by atoms with van der Waals surface area (Å²) in [6.07, 6.45) is 1.56. The zero-order valence-corrected chi connectivity index (χ0v) is 18.1. The van der Waals surface area contributed by atoms with Gasteiger partial charge in [0.25, 0.3) is 5.91 Å². The summed E-state index contributed by atoms with van der Waals surface area (Å²) in [5.74, 6) is 1.63. The highest BCUT2D eigenvalue weighted by Crippen LogP contribution is 2.27. The van der Waals surface area contributed by atoms with Crippen molar-refractivity contribution in [3.05, 3.63) is 77.0 Å². The normalized spacial score (nSPS) is 10.5. The van der Waals surface area contributed by atoms with Gasteiger partial charge in [0.05, 0.1) is 0 Å². The predicted molar refractivity (Wildman–Crippen MR) is 120 cm³/mol. The lowest BCUT2D eigenvalue weighted by atomic mass is 9.98. The van der Waals surface area contributed by atoms with E-state index in [1.165, 1.54) is 5.56 Å². The summed E-state index contributed by atoms with van der Waals surface area (Å²) in [5, 5.41) is 12.0. The van der Waals surface area contributed by atoms with Gasteiger partial charge in [0, 0.05) is 11.9 Å². The van der Waals surface area contributed by atoms with Crippen LogP contribution in [0.15, 0.2) is 54.7 Å². The summed E-state index contributed by atoms with van der Waals surface area (Å²) in [6, 6.07) is 16.5. The Morgan fingerprint density at radius 2 is 1.84 bits per heavy atom. The van der Waals surface area contributed by atoms with Crippen LogP contribution in [0.25, 0.3) is 0 Å². The molecule has 0 spiro atoms. The number of amides is 1. The number of ether oxygens (including phenoxy) is 2. The first kappa shape index (κ1) is 21.8. The first-order valence-corrected chi connectivity index (χ1v) is 10.0. The van der Waals surface area contributed by atoms with Gasteiger partial charge in [0.15, 0.2) is 6.61 Å². The van der Waals surface area contributed by atoms with Crippen LogP contribution in [0, 0.1) is 25.2 Å². The van der Waals surface area contributed by atoms with Gasteiger partial charge in [-0.1, -0.05) is 19.9 Å². The number of rotatable bonds is 7. The second-order valence-corrected chi connectivity index (χ2v) is 7.56. The lowest BCUT2D eigenvalue weighted by Gasteiger charge is -2.13. The number of benzene rings is 2. The minimum atomic E-state index is -0.251. The van der Waals surface area contributed by atoms with Crippen LogP contribution in [-0.4, -0.2) is 17.5 Å². The molecule has 0 radical (unpaired) electrons. The van der Waals surface area contributed by atoms with E-state index < -0.39 is 0 Å². The number of pyridine rings is 1. The number of aryl methyl sites for hydroxylation is 2. The summed E-state index contributed by atoms with van der Waals surface area (Å²) in [6.45, 7) is 8.11. The molecular weight excluding hydrogens is 390 g/mol. The van der Waals surface area contributed by atoms with Crippen LogP contribution in [0.4, 0.5) is 5.69 Å². The Hall–Kier alpha value is -3.85. The predicted octanol–water partition coefficient (Wildman–Crippen LogP) is 5.50. The van der Waals surface area contributed by atoms with Crippen LogP contribution in [0.1, 0.15) is 42.0 Å². The van der Waals surface area contributed by atoms with Gasteiger partial charge in [-0.05, 0) is 78.9 Å². The Morgan fingerprint density at radius 1 is 1.10 bits per heavy atom. The first-order chi connectivity index (χ1) is 14.9. The number of nitrogens with zero attached hydrogens (tertiary/aromatic N) is 2. The summed E-state index contributed by atoms with van der Waals surface area (Å²) in [4.78, 5) is 16.4. The Labute approximate surface area is 182 Å². The topological polar surface area (TPSA) is 84.2 Å². The van der Waals surface area contributed by atoms with Gasteiger partial charge in [-0.25, -0.2) is 4.98 Å². The van der Waals surface area contributed by atoms with Crippen molar-refractivity contribution in [3.63, 3.8) is 0 Å². The molecule has 0 aliphatic rings. The van der Waals surface area contributed by atoms with Crippen LogP contribution >= 0.6 is 0 Å². The third-order valence-corrected chi connectivity index (χ3v) is 4.81. The van der Waals surface area contributed by atoms with Gasteiger partial charge in [0.2, 0.25) is 5.88 Å². The van der Waals surface area contributed by atoms with E-state index in [0.29, 0.717) is 28.7 Å². The fraction of sp³-hybridized carbons (Fsp3) is 0.240. The van der Waals surface area contributed by atoms with Crippen LogP contribution in [0.5, 0.6) is 17.4 Å². The van der Waals surface area contributed by atoms with Crippen LogP contribution in [0.3, 0.4) is 0 Å². The summed E-state index contributed by atoms with van der Waals surface area (Å²) < 4.78 is 11.4. The summed E-state index contributed by atoms with van der Waals surface area (Å²) >= 11 is 0. The third kappa shape index (κ3) is 5.61. The molecule has 6 heteroatoms. The number of anilines is 1. The fourth-order valence-electron chi connectivity index (χ4n) is 3.23. The van der Waals surface area contributed by atoms with Crippen LogP contribution in [-0.2, 0) is 4.79 Å². The molecule has 3 rings (SSSR count). The second kappa shape index (κ2) is 9.77. The summed E-state index contributed by atoms with van der Waals surface area (Å²) in [5.41, 5.74) is 4.24. The molecule has 0 saturated heterocycles. The molecule has 1 amide bonds. The molecule has 158 valence electrons. The molecular formula is C25H25N3O3. The number of hydrogen-bond acceptors (Lipinski definition) is 5. The van der Waals surface area contributed by atoms with E-state index in [2.05, 4.69) is 24.1 Å². The quantitative estimate of drug-likeness (QED) is 0.550. The molecule has 3 aromatic rings. The van der Waals surface area contributed by atoms with Crippen molar-refractivity contribution in [1.82, 2.24) is 4.98 Å². The van der Waals surface area contributed by atoms with Crippen molar-refractivity contribution in [3.8, 4) is 23.4 Å². The second-order valence-electron chi connectivity index (χ2n) is 7.56. The largest absolute Gasteiger partial charge is 0.484 e. The van der Waals surface area contributed by atoms with Crippen molar-refractivity contribution in [2.24, 2.45) is 0 Å². The average Bonchev–Trinajstić information content (AvgIpc) is 2.74. The molecule has 1 N–H and O–H groups in total. The van der Waals surface area contributed by atoms with Crippen molar-refractivity contribution in [2.75, 3.05) is 11.9 Å². The molecule has 0 saturated carbocycles. The molecule has 0 aliphatic heterocycles. The monoisotopic (exact) mass is 415 g/mol. The molecule has 0 aliphatic carbocycles. The molecule has 6 nitrogen and oxygen atoms in total.